The molecule has 0 heterocycles. The van der Waals surface area contributed by atoms with Crippen LogP contribution >= 0.6 is 24.0 Å². The smallest absolute Gasteiger partial charge is 0.243 e. The van der Waals surface area contributed by atoms with E-state index in [1.165, 1.54) is 25.7 Å². The zero-order valence-corrected chi connectivity index (χ0v) is 16.9. The van der Waals surface area contributed by atoms with E-state index in [2.05, 4.69) is 29.5 Å². The van der Waals surface area contributed by atoms with Gasteiger partial charge in [0.1, 0.15) is 6.54 Å². The van der Waals surface area contributed by atoms with Gasteiger partial charge in [0.05, 0.1) is 0 Å². The number of carbonyl (C=O) groups excluding carboxylic acids is 1. The van der Waals surface area contributed by atoms with Crippen molar-refractivity contribution in [1.29, 1.82) is 0 Å². The fourth-order valence-electron chi connectivity index (χ4n) is 2.52. The monoisotopic (exact) mass is 424 g/mol. The number of guanidine groups is 1. The molecule has 0 unspecified atom stereocenters. The second-order valence-electron chi connectivity index (χ2n) is 6.14. The predicted molar refractivity (Wildman–Crippen MR) is 104 cm³/mol. The minimum absolute atomic E-state index is 0. The molecule has 1 aliphatic rings. The Morgan fingerprint density at radius 1 is 1.23 bits per heavy atom. The number of hydrogen-bond acceptors (Lipinski definition) is 2. The molecule has 0 bridgehead atoms. The van der Waals surface area contributed by atoms with E-state index in [9.17, 15) is 4.79 Å². The van der Waals surface area contributed by atoms with Crippen molar-refractivity contribution in [3.05, 3.63) is 0 Å². The van der Waals surface area contributed by atoms with E-state index in [-0.39, 0.29) is 36.4 Å². The lowest BCUT2D eigenvalue weighted by atomic mass is 10.0. The zero-order chi connectivity index (χ0) is 15.7. The van der Waals surface area contributed by atoms with E-state index >= 15 is 0 Å². The molecule has 0 saturated heterocycles. The number of halogens is 1. The molecule has 22 heavy (non-hydrogen) atoms. The molecule has 6 heteroatoms. The van der Waals surface area contributed by atoms with Crippen molar-refractivity contribution in [2.45, 2.75) is 58.4 Å². The highest BCUT2D eigenvalue weighted by molar-refractivity contribution is 14.0. The molecule has 1 fully saturated rings. The van der Waals surface area contributed by atoms with E-state index < -0.39 is 0 Å². The van der Waals surface area contributed by atoms with Gasteiger partial charge in [0, 0.05) is 26.7 Å². The first kappa shape index (κ1) is 21.5. The molecule has 0 aliphatic heterocycles. The summed E-state index contributed by atoms with van der Waals surface area (Å²) in [5.74, 6) is 1.49. The maximum Gasteiger partial charge on any atom is 0.243 e. The van der Waals surface area contributed by atoms with Crippen LogP contribution in [-0.2, 0) is 4.79 Å². The third-order valence-electron chi connectivity index (χ3n) is 4.28. The molecule has 0 aromatic rings. The van der Waals surface area contributed by atoms with Gasteiger partial charge < -0.3 is 15.5 Å². The highest BCUT2D eigenvalue weighted by atomic mass is 127. The SMILES string of the molecule is CCC(CC)CNC(=NCC(=O)N(C)C)NC1CCCC1.I. The first-order valence-corrected chi connectivity index (χ1v) is 8.31. The average molecular weight is 424 g/mol. The van der Waals surface area contributed by atoms with Gasteiger partial charge >= 0.3 is 0 Å². The van der Waals surface area contributed by atoms with Crippen molar-refractivity contribution in [1.82, 2.24) is 15.5 Å². The number of nitrogens with one attached hydrogen (secondary N) is 2. The fourth-order valence-corrected chi connectivity index (χ4v) is 2.52. The molecule has 5 nitrogen and oxygen atoms in total. The van der Waals surface area contributed by atoms with E-state index in [4.69, 9.17) is 0 Å². The number of hydrogen-bond donors (Lipinski definition) is 2. The Bertz CT molecular complexity index is 337. The Balaban J connectivity index is 0.00000441. The molecular weight excluding hydrogens is 391 g/mol. The number of carbonyl (C=O) groups is 1. The molecule has 0 spiro atoms. The molecule has 1 rings (SSSR count). The summed E-state index contributed by atoms with van der Waals surface area (Å²) in [6.07, 6.45) is 7.30. The summed E-state index contributed by atoms with van der Waals surface area (Å²) in [7, 11) is 3.53. The topological polar surface area (TPSA) is 56.7 Å². The quantitative estimate of drug-likeness (QED) is 0.375. The maximum absolute atomic E-state index is 11.7. The zero-order valence-electron chi connectivity index (χ0n) is 14.5. The summed E-state index contributed by atoms with van der Waals surface area (Å²) < 4.78 is 0. The molecular formula is C16H33IN4O. The summed E-state index contributed by atoms with van der Waals surface area (Å²) in [6.45, 7) is 5.55. The fraction of sp³-hybridized carbons (Fsp3) is 0.875. The maximum atomic E-state index is 11.7. The molecule has 0 atom stereocenters. The summed E-state index contributed by atoms with van der Waals surface area (Å²) in [5, 5.41) is 6.89. The van der Waals surface area contributed by atoms with Gasteiger partial charge in [0.2, 0.25) is 5.91 Å². The molecule has 1 amide bonds. The van der Waals surface area contributed by atoms with Crippen molar-refractivity contribution in [2.75, 3.05) is 27.2 Å². The van der Waals surface area contributed by atoms with Gasteiger partial charge in [-0.3, -0.25) is 4.79 Å². The number of amides is 1. The Morgan fingerprint density at radius 2 is 1.82 bits per heavy atom. The third kappa shape index (κ3) is 8.19. The molecule has 1 saturated carbocycles. The summed E-state index contributed by atoms with van der Waals surface area (Å²) in [5.41, 5.74) is 0. The van der Waals surface area contributed by atoms with Gasteiger partial charge in [-0.2, -0.15) is 0 Å². The first-order chi connectivity index (χ1) is 10.1. The molecule has 130 valence electrons. The molecule has 1 aliphatic carbocycles. The minimum atomic E-state index is 0. The third-order valence-corrected chi connectivity index (χ3v) is 4.28. The van der Waals surface area contributed by atoms with Gasteiger partial charge in [0.15, 0.2) is 5.96 Å². The summed E-state index contributed by atoms with van der Waals surface area (Å²) >= 11 is 0. The number of rotatable bonds is 7. The van der Waals surface area contributed by atoms with E-state index in [1.807, 2.05) is 0 Å². The molecule has 0 radical (unpaired) electrons. The minimum Gasteiger partial charge on any atom is -0.356 e. The summed E-state index contributed by atoms with van der Waals surface area (Å²) in [4.78, 5) is 17.7. The van der Waals surface area contributed by atoms with Crippen molar-refractivity contribution < 1.29 is 4.79 Å². The second kappa shape index (κ2) is 12.0. The van der Waals surface area contributed by atoms with Gasteiger partial charge in [0.25, 0.3) is 0 Å². The summed E-state index contributed by atoms with van der Waals surface area (Å²) in [6, 6.07) is 0.507. The Morgan fingerprint density at radius 3 is 2.32 bits per heavy atom. The lowest BCUT2D eigenvalue weighted by Gasteiger charge is -2.20. The Kier molecular flexibility index (Phi) is 11.7. The van der Waals surface area contributed by atoms with Crippen LogP contribution in [0.1, 0.15) is 52.4 Å². The van der Waals surface area contributed by atoms with E-state index in [1.54, 1.807) is 19.0 Å². The van der Waals surface area contributed by atoms with Crippen LogP contribution in [0.2, 0.25) is 0 Å². The highest BCUT2D eigenvalue weighted by Gasteiger charge is 2.17. The van der Waals surface area contributed by atoms with Crippen LogP contribution in [0.4, 0.5) is 0 Å². The number of nitrogens with zero attached hydrogens (tertiary/aromatic N) is 2. The van der Waals surface area contributed by atoms with E-state index in [0.717, 1.165) is 25.3 Å². The van der Waals surface area contributed by atoms with Crippen LogP contribution in [0, 0.1) is 5.92 Å². The van der Waals surface area contributed by atoms with Crippen LogP contribution in [0.3, 0.4) is 0 Å². The first-order valence-electron chi connectivity index (χ1n) is 8.31. The van der Waals surface area contributed by atoms with Crippen LogP contribution in [0.15, 0.2) is 4.99 Å². The Labute approximate surface area is 152 Å². The average Bonchev–Trinajstić information content (AvgIpc) is 2.97. The number of likely N-dealkylation sites (N-methyl/N-ethyl adjacent to an activating group) is 1. The predicted octanol–water partition coefficient (Wildman–Crippen LogP) is 2.61. The van der Waals surface area contributed by atoms with Crippen LogP contribution < -0.4 is 10.6 Å². The lowest BCUT2D eigenvalue weighted by molar-refractivity contribution is -0.127. The Hall–Kier alpha value is -0.530. The molecule has 0 aromatic carbocycles. The van der Waals surface area contributed by atoms with Crippen LogP contribution in [0.5, 0.6) is 0 Å². The standard InChI is InChI=1S/C16H32N4O.HI/c1-5-13(6-2)11-17-16(18-12-15(21)20(3)4)19-14-9-7-8-10-14;/h13-14H,5-12H2,1-4H3,(H2,17,18,19);1H. The van der Waals surface area contributed by atoms with Crippen molar-refractivity contribution in [3.63, 3.8) is 0 Å². The van der Waals surface area contributed by atoms with Crippen LogP contribution in [-0.4, -0.2) is 50.0 Å². The van der Waals surface area contributed by atoms with Crippen molar-refractivity contribution >= 4 is 35.8 Å². The van der Waals surface area contributed by atoms with Gasteiger partial charge in [-0.25, -0.2) is 4.99 Å². The van der Waals surface area contributed by atoms with Gasteiger partial charge in [-0.15, -0.1) is 24.0 Å². The van der Waals surface area contributed by atoms with Crippen molar-refractivity contribution in [3.8, 4) is 0 Å². The van der Waals surface area contributed by atoms with Gasteiger partial charge in [-0.05, 0) is 18.8 Å². The highest BCUT2D eigenvalue weighted by Crippen LogP contribution is 2.17. The molecule has 2 N–H and O–H groups in total. The second-order valence-corrected chi connectivity index (χ2v) is 6.14. The number of aliphatic imine (C=N–C) groups is 1. The lowest BCUT2D eigenvalue weighted by Crippen LogP contribution is -2.44. The largest absolute Gasteiger partial charge is 0.356 e. The van der Waals surface area contributed by atoms with Gasteiger partial charge in [-0.1, -0.05) is 39.5 Å². The van der Waals surface area contributed by atoms with E-state index in [0.29, 0.717) is 12.0 Å². The molecule has 0 aromatic heterocycles. The normalized spacial score (nSPS) is 15.6. The van der Waals surface area contributed by atoms with Crippen LogP contribution in [0.25, 0.3) is 0 Å². The van der Waals surface area contributed by atoms with Crippen molar-refractivity contribution in [2.24, 2.45) is 10.9 Å².